The van der Waals surface area contributed by atoms with Crippen LogP contribution in [0, 0.1) is 0 Å². The maximum atomic E-state index is 12.4. The summed E-state index contributed by atoms with van der Waals surface area (Å²) in [5.41, 5.74) is 0. The fraction of sp³-hybridized carbons (Fsp3) is 0.444. The Kier molecular flexibility index (Phi) is 4.99. The molecule has 0 amide bonds. The van der Waals surface area contributed by atoms with E-state index in [9.17, 15) is 8.42 Å². The van der Waals surface area contributed by atoms with Gasteiger partial charge in [-0.2, -0.15) is 0 Å². The molecule has 1 fully saturated rings. The first-order chi connectivity index (χ1) is 11.1. The predicted molar refractivity (Wildman–Crippen MR) is 94.0 cm³/mol. The molecule has 0 unspecified atom stereocenters. The van der Waals surface area contributed by atoms with Crippen LogP contribution in [0.5, 0.6) is 0 Å². The maximum absolute atomic E-state index is 12.4. The van der Waals surface area contributed by atoms with Gasteiger partial charge in [-0.1, -0.05) is 30.3 Å². The van der Waals surface area contributed by atoms with Crippen LogP contribution in [-0.4, -0.2) is 39.5 Å². The Hall–Kier alpha value is -1.43. The molecule has 3 rings (SSSR count). The summed E-state index contributed by atoms with van der Waals surface area (Å²) in [6.45, 7) is 1.66. The largest absolute Gasteiger partial charge is 0.303 e. The van der Waals surface area contributed by atoms with Gasteiger partial charge in [-0.3, -0.25) is 0 Å². The quantitative estimate of drug-likeness (QED) is 0.827. The van der Waals surface area contributed by atoms with Gasteiger partial charge in [0.15, 0.2) is 0 Å². The van der Waals surface area contributed by atoms with E-state index in [0.29, 0.717) is 17.5 Å². The van der Waals surface area contributed by atoms with Crippen molar-refractivity contribution in [3.63, 3.8) is 0 Å². The van der Waals surface area contributed by atoms with Crippen molar-refractivity contribution in [3.05, 3.63) is 42.5 Å². The summed E-state index contributed by atoms with van der Waals surface area (Å²) in [4.78, 5) is 2.71. The van der Waals surface area contributed by atoms with Crippen LogP contribution in [0.4, 0.5) is 0 Å². The van der Waals surface area contributed by atoms with Crippen LogP contribution < -0.4 is 4.72 Å². The maximum Gasteiger partial charge on any atom is 0.240 e. The summed E-state index contributed by atoms with van der Waals surface area (Å²) in [6, 6.07) is 13.7. The number of hydrogen-bond acceptors (Lipinski definition) is 3. The Balaban J connectivity index is 1.59. The highest BCUT2D eigenvalue weighted by Gasteiger charge is 2.20. The lowest BCUT2D eigenvalue weighted by Gasteiger charge is -2.19. The van der Waals surface area contributed by atoms with E-state index in [1.165, 1.54) is 12.8 Å². The third-order valence-electron chi connectivity index (χ3n) is 4.71. The SMILES string of the molecule is CN1CCC[C@H]1CCCNS(=O)(=O)c1ccc2ccccc2c1. The zero-order chi connectivity index (χ0) is 16.3. The van der Waals surface area contributed by atoms with Gasteiger partial charge in [-0.15, -0.1) is 0 Å². The molecule has 1 atom stereocenters. The van der Waals surface area contributed by atoms with Gasteiger partial charge in [0.05, 0.1) is 4.90 Å². The third-order valence-corrected chi connectivity index (χ3v) is 6.17. The molecule has 0 aromatic heterocycles. The number of benzene rings is 2. The summed E-state index contributed by atoms with van der Waals surface area (Å²) in [5, 5.41) is 2.00. The second kappa shape index (κ2) is 6.99. The van der Waals surface area contributed by atoms with E-state index in [-0.39, 0.29) is 0 Å². The molecular weight excluding hydrogens is 308 g/mol. The molecule has 124 valence electrons. The number of hydrogen-bond donors (Lipinski definition) is 1. The molecule has 1 aliphatic heterocycles. The van der Waals surface area contributed by atoms with E-state index in [1.807, 2.05) is 30.3 Å². The summed E-state index contributed by atoms with van der Waals surface area (Å²) in [6.07, 6.45) is 4.41. The van der Waals surface area contributed by atoms with Crippen LogP contribution in [0.2, 0.25) is 0 Å². The minimum atomic E-state index is -3.42. The van der Waals surface area contributed by atoms with Crippen LogP contribution in [0.25, 0.3) is 10.8 Å². The second-order valence-electron chi connectivity index (χ2n) is 6.33. The summed E-state index contributed by atoms with van der Waals surface area (Å²) in [5.74, 6) is 0. The Morgan fingerprint density at radius 2 is 1.96 bits per heavy atom. The smallest absolute Gasteiger partial charge is 0.240 e. The first kappa shape index (κ1) is 16.4. The van der Waals surface area contributed by atoms with Crippen molar-refractivity contribution in [2.75, 3.05) is 20.1 Å². The molecule has 1 heterocycles. The van der Waals surface area contributed by atoms with Crippen molar-refractivity contribution in [1.29, 1.82) is 0 Å². The van der Waals surface area contributed by atoms with E-state index in [0.717, 1.165) is 30.2 Å². The van der Waals surface area contributed by atoms with Crippen LogP contribution in [0.1, 0.15) is 25.7 Å². The molecule has 2 aromatic carbocycles. The standard InChI is InChI=1S/C18H24N2O2S/c1-20-13-5-9-17(20)8-4-12-19-23(21,22)18-11-10-15-6-2-3-7-16(15)14-18/h2-3,6-7,10-11,14,17,19H,4-5,8-9,12-13H2,1H3/t17-/m1/s1. The van der Waals surface area contributed by atoms with Crippen molar-refractivity contribution < 1.29 is 8.42 Å². The molecule has 0 bridgehead atoms. The number of fused-ring (bicyclic) bond motifs is 1. The fourth-order valence-corrected chi connectivity index (χ4v) is 4.42. The Morgan fingerprint density at radius 1 is 1.17 bits per heavy atom. The van der Waals surface area contributed by atoms with E-state index < -0.39 is 10.0 Å². The number of rotatable bonds is 6. The number of sulfonamides is 1. The number of nitrogens with one attached hydrogen (secondary N) is 1. The van der Waals surface area contributed by atoms with Gasteiger partial charge in [0.1, 0.15) is 0 Å². The number of likely N-dealkylation sites (tertiary alicyclic amines) is 1. The average Bonchev–Trinajstić information content (AvgIpc) is 2.96. The topological polar surface area (TPSA) is 49.4 Å². The van der Waals surface area contributed by atoms with Crippen molar-refractivity contribution in [2.45, 2.75) is 36.6 Å². The highest BCUT2D eigenvalue weighted by Crippen LogP contribution is 2.20. The van der Waals surface area contributed by atoms with Crippen molar-refractivity contribution in [2.24, 2.45) is 0 Å². The molecule has 4 nitrogen and oxygen atoms in total. The molecule has 0 aliphatic carbocycles. The molecule has 2 aromatic rings. The van der Waals surface area contributed by atoms with Crippen LogP contribution in [0.3, 0.4) is 0 Å². The molecule has 1 saturated heterocycles. The van der Waals surface area contributed by atoms with E-state index in [1.54, 1.807) is 12.1 Å². The third kappa shape index (κ3) is 3.91. The van der Waals surface area contributed by atoms with Gasteiger partial charge in [-0.25, -0.2) is 13.1 Å². The summed E-state index contributed by atoms with van der Waals surface area (Å²) in [7, 11) is -1.27. The first-order valence-corrected chi connectivity index (χ1v) is 9.73. The van der Waals surface area contributed by atoms with Crippen LogP contribution >= 0.6 is 0 Å². The summed E-state index contributed by atoms with van der Waals surface area (Å²) >= 11 is 0. The molecule has 1 N–H and O–H groups in total. The van der Waals surface area contributed by atoms with Gasteiger partial charge in [0.25, 0.3) is 0 Å². The van der Waals surface area contributed by atoms with Crippen molar-refractivity contribution in [1.82, 2.24) is 9.62 Å². The monoisotopic (exact) mass is 332 g/mol. The van der Waals surface area contributed by atoms with Crippen LogP contribution in [0.15, 0.2) is 47.4 Å². The van der Waals surface area contributed by atoms with Gasteiger partial charge in [0, 0.05) is 12.6 Å². The summed E-state index contributed by atoms with van der Waals surface area (Å²) < 4.78 is 27.6. The zero-order valence-corrected chi connectivity index (χ0v) is 14.3. The molecule has 5 heteroatoms. The highest BCUT2D eigenvalue weighted by molar-refractivity contribution is 7.89. The lowest BCUT2D eigenvalue weighted by Crippen LogP contribution is -2.28. The van der Waals surface area contributed by atoms with E-state index in [4.69, 9.17) is 0 Å². The Bertz CT molecular complexity index is 773. The Morgan fingerprint density at radius 3 is 2.70 bits per heavy atom. The van der Waals surface area contributed by atoms with E-state index in [2.05, 4.69) is 16.7 Å². The molecule has 0 radical (unpaired) electrons. The van der Waals surface area contributed by atoms with Crippen LogP contribution in [-0.2, 0) is 10.0 Å². The fourth-order valence-electron chi connectivity index (χ4n) is 3.31. The van der Waals surface area contributed by atoms with E-state index >= 15 is 0 Å². The average molecular weight is 332 g/mol. The van der Waals surface area contributed by atoms with Gasteiger partial charge < -0.3 is 4.90 Å². The molecule has 1 aliphatic rings. The lowest BCUT2D eigenvalue weighted by molar-refractivity contribution is 0.292. The normalized spacial score (nSPS) is 19.4. The van der Waals surface area contributed by atoms with Gasteiger partial charge in [0.2, 0.25) is 10.0 Å². The predicted octanol–water partition coefficient (Wildman–Crippen LogP) is 2.99. The lowest BCUT2D eigenvalue weighted by atomic mass is 10.1. The number of nitrogens with zero attached hydrogens (tertiary/aromatic N) is 1. The molecule has 0 spiro atoms. The van der Waals surface area contributed by atoms with Crippen molar-refractivity contribution >= 4 is 20.8 Å². The van der Waals surface area contributed by atoms with Crippen molar-refractivity contribution in [3.8, 4) is 0 Å². The molecular formula is C18H24N2O2S. The molecule has 0 saturated carbocycles. The first-order valence-electron chi connectivity index (χ1n) is 8.25. The minimum absolute atomic E-state index is 0.342. The Labute approximate surface area is 138 Å². The minimum Gasteiger partial charge on any atom is -0.303 e. The van der Waals surface area contributed by atoms with Gasteiger partial charge in [-0.05, 0) is 62.2 Å². The van der Waals surface area contributed by atoms with Gasteiger partial charge >= 0.3 is 0 Å². The molecule has 23 heavy (non-hydrogen) atoms. The zero-order valence-electron chi connectivity index (χ0n) is 13.5. The highest BCUT2D eigenvalue weighted by atomic mass is 32.2. The second-order valence-corrected chi connectivity index (χ2v) is 8.09.